The summed E-state index contributed by atoms with van der Waals surface area (Å²) >= 11 is 0. The van der Waals surface area contributed by atoms with Crippen LogP contribution in [0.5, 0.6) is 0 Å². The number of nitrogens with zero attached hydrogens (tertiary/aromatic N) is 1. The number of carbonyl (C=O) groups excluding carboxylic acids is 1. The van der Waals surface area contributed by atoms with Crippen molar-refractivity contribution >= 4 is 11.4 Å². The summed E-state index contributed by atoms with van der Waals surface area (Å²) in [5.41, 5.74) is 10.4. The standard InChI is InChI=1S/C16H14N2O/c1-11-3-2-4-12(7-11)14-8-15-6-5-13(16(17)19)9-18(15)10-14/h2-10H,1H3,(H2,17,19). The predicted octanol–water partition coefficient (Wildman–Crippen LogP) is 3.01. The molecule has 0 spiro atoms. The molecule has 3 nitrogen and oxygen atoms in total. The summed E-state index contributed by atoms with van der Waals surface area (Å²) in [6, 6.07) is 14.1. The van der Waals surface area contributed by atoms with Crippen LogP contribution in [-0.4, -0.2) is 10.3 Å². The Morgan fingerprint density at radius 3 is 2.63 bits per heavy atom. The van der Waals surface area contributed by atoms with Gasteiger partial charge in [-0.15, -0.1) is 0 Å². The van der Waals surface area contributed by atoms with Crippen LogP contribution in [-0.2, 0) is 0 Å². The summed E-state index contributed by atoms with van der Waals surface area (Å²) in [4.78, 5) is 11.2. The Morgan fingerprint density at radius 2 is 1.89 bits per heavy atom. The number of hydrogen-bond donors (Lipinski definition) is 1. The van der Waals surface area contributed by atoms with Gasteiger partial charge in [-0.2, -0.15) is 0 Å². The maximum atomic E-state index is 11.2. The molecule has 3 rings (SSSR count). The molecule has 1 aromatic carbocycles. The minimum absolute atomic E-state index is 0.410. The van der Waals surface area contributed by atoms with Crippen LogP contribution in [0.1, 0.15) is 15.9 Å². The van der Waals surface area contributed by atoms with Gasteiger partial charge >= 0.3 is 0 Å². The van der Waals surface area contributed by atoms with Crippen molar-refractivity contribution in [3.8, 4) is 11.1 Å². The van der Waals surface area contributed by atoms with E-state index in [4.69, 9.17) is 5.73 Å². The fraction of sp³-hybridized carbons (Fsp3) is 0.0625. The number of pyridine rings is 1. The van der Waals surface area contributed by atoms with Gasteiger partial charge < -0.3 is 10.1 Å². The van der Waals surface area contributed by atoms with Crippen molar-refractivity contribution in [2.75, 3.05) is 0 Å². The topological polar surface area (TPSA) is 47.5 Å². The predicted molar refractivity (Wildman–Crippen MR) is 76.1 cm³/mol. The fourth-order valence-electron chi connectivity index (χ4n) is 2.24. The van der Waals surface area contributed by atoms with E-state index in [1.165, 1.54) is 11.1 Å². The average Bonchev–Trinajstić information content (AvgIpc) is 2.81. The summed E-state index contributed by atoms with van der Waals surface area (Å²) in [5.74, 6) is -0.410. The second-order valence-corrected chi connectivity index (χ2v) is 4.71. The van der Waals surface area contributed by atoms with Crippen molar-refractivity contribution < 1.29 is 4.79 Å². The minimum atomic E-state index is -0.410. The first-order valence-electron chi connectivity index (χ1n) is 6.12. The molecule has 0 aliphatic carbocycles. The number of rotatable bonds is 2. The molecule has 2 N–H and O–H groups in total. The average molecular weight is 250 g/mol. The molecular formula is C16H14N2O. The second kappa shape index (κ2) is 4.28. The molecular weight excluding hydrogens is 236 g/mol. The Bertz CT molecular complexity index is 771. The zero-order chi connectivity index (χ0) is 13.4. The smallest absolute Gasteiger partial charge is 0.250 e. The van der Waals surface area contributed by atoms with E-state index in [0.717, 1.165) is 11.1 Å². The van der Waals surface area contributed by atoms with Crippen molar-refractivity contribution in [3.05, 3.63) is 66.0 Å². The van der Waals surface area contributed by atoms with E-state index >= 15 is 0 Å². The number of amides is 1. The van der Waals surface area contributed by atoms with E-state index in [2.05, 4.69) is 31.2 Å². The molecule has 0 aliphatic rings. The molecule has 2 aromatic heterocycles. The molecule has 0 atom stereocenters. The molecule has 3 aromatic rings. The lowest BCUT2D eigenvalue weighted by molar-refractivity contribution is 0.1000. The van der Waals surface area contributed by atoms with E-state index in [0.29, 0.717) is 5.56 Å². The minimum Gasteiger partial charge on any atom is -0.366 e. The molecule has 3 heteroatoms. The molecule has 0 fully saturated rings. The van der Waals surface area contributed by atoms with Gasteiger partial charge in [-0.25, -0.2) is 0 Å². The summed E-state index contributed by atoms with van der Waals surface area (Å²) in [6.45, 7) is 2.07. The monoisotopic (exact) mass is 250 g/mol. The fourth-order valence-corrected chi connectivity index (χ4v) is 2.24. The van der Waals surface area contributed by atoms with Crippen LogP contribution >= 0.6 is 0 Å². The Balaban J connectivity index is 2.14. The Hall–Kier alpha value is -2.55. The highest BCUT2D eigenvalue weighted by Crippen LogP contribution is 2.23. The number of nitrogens with two attached hydrogens (primary N) is 1. The van der Waals surface area contributed by atoms with Gasteiger partial charge in [0.1, 0.15) is 0 Å². The highest BCUT2D eigenvalue weighted by molar-refractivity contribution is 5.93. The van der Waals surface area contributed by atoms with E-state index in [1.54, 1.807) is 12.3 Å². The largest absolute Gasteiger partial charge is 0.366 e. The first-order valence-corrected chi connectivity index (χ1v) is 6.12. The van der Waals surface area contributed by atoms with Crippen LogP contribution < -0.4 is 5.73 Å². The van der Waals surface area contributed by atoms with Crippen LogP contribution in [0.25, 0.3) is 16.6 Å². The number of primary amides is 1. The van der Waals surface area contributed by atoms with E-state index in [9.17, 15) is 4.79 Å². The lowest BCUT2D eigenvalue weighted by Gasteiger charge is -1.98. The lowest BCUT2D eigenvalue weighted by Crippen LogP contribution is -2.11. The Labute approximate surface area is 111 Å². The van der Waals surface area contributed by atoms with Gasteiger partial charge in [0.25, 0.3) is 0 Å². The zero-order valence-corrected chi connectivity index (χ0v) is 10.6. The van der Waals surface area contributed by atoms with Gasteiger partial charge in [0.15, 0.2) is 0 Å². The van der Waals surface area contributed by atoms with Gasteiger partial charge in [0, 0.05) is 23.5 Å². The molecule has 1 amide bonds. The van der Waals surface area contributed by atoms with Crippen molar-refractivity contribution in [1.82, 2.24) is 4.40 Å². The number of benzene rings is 1. The van der Waals surface area contributed by atoms with E-state index in [-0.39, 0.29) is 0 Å². The van der Waals surface area contributed by atoms with Gasteiger partial charge in [-0.3, -0.25) is 4.79 Å². The maximum Gasteiger partial charge on any atom is 0.250 e. The summed E-state index contributed by atoms with van der Waals surface area (Å²) in [5, 5.41) is 0. The molecule has 0 unspecified atom stereocenters. The van der Waals surface area contributed by atoms with E-state index < -0.39 is 5.91 Å². The van der Waals surface area contributed by atoms with E-state index in [1.807, 2.05) is 22.7 Å². The van der Waals surface area contributed by atoms with Crippen LogP contribution in [0.3, 0.4) is 0 Å². The van der Waals surface area contributed by atoms with Gasteiger partial charge in [0.2, 0.25) is 5.91 Å². The maximum absolute atomic E-state index is 11.2. The van der Waals surface area contributed by atoms with Crippen molar-refractivity contribution in [3.63, 3.8) is 0 Å². The van der Waals surface area contributed by atoms with Crippen molar-refractivity contribution in [2.45, 2.75) is 6.92 Å². The van der Waals surface area contributed by atoms with Gasteiger partial charge in [-0.1, -0.05) is 29.8 Å². The summed E-state index contributed by atoms with van der Waals surface area (Å²) in [7, 11) is 0. The normalized spacial score (nSPS) is 10.8. The summed E-state index contributed by atoms with van der Waals surface area (Å²) in [6.07, 6.45) is 3.77. The van der Waals surface area contributed by atoms with Crippen LogP contribution in [0.15, 0.2) is 54.9 Å². The lowest BCUT2D eigenvalue weighted by atomic mass is 10.1. The highest BCUT2D eigenvalue weighted by atomic mass is 16.1. The first kappa shape index (κ1) is 11.5. The van der Waals surface area contributed by atoms with Crippen molar-refractivity contribution in [2.24, 2.45) is 5.73 Å². The van der Waals surface area contributed by atoms with Gasteiger partial charge in [0.05, 0.1) is 5.56 Å². The van der Waals surface area contributed by atoms with Crippen LogP contribution in [0.4, 0.5) is 0 Å². The first-order chi connectivity index (χ1) is 9.13. The molecule has 0 bridgehead atoms. The molecule has 0 aliphatic heterocycles. The second-order valence-electron chi connectivity index (χ2n) is 4.71. The molecule has 0 radical (unpaired) electrons. The van der Waals surface area contributed by atoms with Gasteiger partial charge in [-0.05, 0) is 30.7 Å². The number of aromatic nitrogens is 1. The number of carbonyl (C=O) groups is 1. The molecule has 94 valence electrons. The molecule has 19 heavy (non-hydrogen) atoms. The Morgan fingerprint density at radius 1 is 1.05 bits per heavy atom. The molecule has 2 heterocycles. The van der Waals surface area contributed by atoms with Crippen LogP contribution in [0, 0.1) is 6.92 Å². The Kier molecular flexibility index (Phi) is 2.60. The highest BCUT2D eigenvalue weighted by Gasteiger charge is 2.05. The van der Waals surface area contributed by atoms with Crippen molar-refractivity contribution in [1.29, 1.82) is 0 Å². The third-order valence-electron chi connectivity index (χ3n) is 3.23. The zero-order valence-electron chi connectivity index (χ0n) is 10.6. The quantitative estimate of drug-likeness (QED) is 0.746. The molecule has 0 saturated heterocycles. The van der Waals surface area contributed by atoms with Crippen LogP contribution in [0.2, 0.25) is 0 Å². The summed E-state index contributed by atoms with van der Waals surface area (Å²) < 4.78 is 1.93. The number of fused-ring (bicyclic) bond motifs is 1. The third kappa shape index (κ3) is 2.10. The number of aryl methyl sites for hydroxylation is 1. The SMILES string of the molecule is Cc1cccc(-c2cc3ccc(C(N)=O)cn3c2)c1. The third-order valence-corrected chi connectivity index (χ3v) is 3.23. The molecule has 0 saturated carbocycles. The number of hydrogen-bond acceptors (Lipinski definition) is 1.